The molecule has 0 N–H and O–H groups in total. The fraction of sp³-hybridized carbons (Fsp3) is 0.0667. The molecule has 0 bridgehead atoms. The second kappa shape index (κ2) is 5.24. The second-order valence-electron chi connectivity index (χ2n) is 4.08. The van der Waals surface area contributed by atoms with E-state index in [1.807, 2.05) is 36.4 Å². The lowest BCUT2D eigenvalue weighted by Crippen LogP contribution is -1.91. The standard InChI is InChI=1S/C15H11ClN2O/c16-9-12-5-7-17-10-15(12)19-13-4-3-11-2-1-6-18-14(11)8-13/h1-8,10H,9H2. The Morgan fingerprint density at radius 3 is 2.95 bits per heavy atom. The third kappa shape index (κ3) is 2.51. The van der Waals surface area contributed by atoms with Crippen molar-refractivity contribution in [1.82, 2.24) is 9.97 Å². The topological polar surface area (TPSA) is 35.0 Å². The number of aromatic nitrogens is 2. The number of rotatable bonds is 3. The third-order valence-corrected chi connectivity index (χ3v) is 3.11. The molecule has 0 saturated heterocycles. The highest BCUT2D eigenvalue weighted by atomic mass is 35.5. The van der Waals surface area contributed by atoms with Gasteiger partial charge >= 0.3 is 0 Å². The summed E-state index contributed by atoms with van der Waals surface area (Å²) in [5.74, 6) is 1.79. The molecule has 94 valence electrons. The van der Waals surface area contributed by atoms with E-state index < -0.39 is 0 Å². The van der Waals surface area contributed by atoms with Gasteiger partial charge in [-0.15, -0.1) is 11.6 Å². The molecule has 0 atom stereocenters. The predicted molar refractivity (Wildman–Crippen MR) is 75.6 cm³/mol. The summed E-state index contributed by atoms with van der Waals surface area (Å²) >= 11 is 5.87. The van der Waals surface area contributed by atoms with E-state index in [0.29, 0.717) is 11.6 Å². The van der Waals surface area contributed by atoms with Crippen molar-refractivity contribution >= 4 is 22.5 Å². The van der Waals surface area contributed by atoms with Crippen molar-refractivity contribution in [1.29, 1.82) is 0 Å². The zero-order chi connectivity index (χ0) is 13.1. The maximum atomic E-state index is 5.87. The quantitative estimate of drug-likeness (QED) is 0.670. The van der Waals surface area contributed by atoms with Gasteiger partial charge < -0.3 is 4.74 Å². The maximum Gasteiger partial charge on any atom is 0.150 e. The molecule has 3 aromatic rings. The van der Waals surface area contributed by atoms with Crippen LogP contribution in [-0.2, 0) is 5.88 Å². The lowest BCUT2D eigenvalue weighted by molar-refractivity contribution is 0.476. The van der Waals surface area contributed by atoms with Crippen LogP contribution in [0.1, 0.15) is 5.56 Å². The highest BCUT2D eigenvalue weighted by molar-refractivity contribution is 6.17. The maximum absolute atomic E-state index is 5.87. The van der Waals surface area contributed by atoms with Crippen molar-refractivity contribution in [2.45, 2.75) is 5.88 Å². The van der Waals surface area contributed by atoms with Crippen molar-refractivity contribution < 1.29 is 4.74 Å². The molecule has 0 saturated carbocycles. The Kier molecular flexibility index (Phi) is 3.29. The summed E-state index contributed by atoms with van der Waals surface area (Å²) < 4.78 is 5.82. The van der Waals surface area contributed by atoms with Crippen LogP contribution in [0.4, 0.5) is 0 Å². The predicted octanol–water partition coefficient (Wildman–Crippen LogP) is 4.16. The lowest BCUT2D eigenvalue weighted by Gasteiger charge is -2.09. The molecule has 0 spiro atoms. The average Bonchev–Trinajstić information content (AvgIpc) is 2.48. The van der Waals surface area contributed by atoms with Gasteiger partial charge in [0.1, 0.15) is 11.5 Å². The fourth-order valence-electron chi connectivity index (χ4n) is 1.85. The van der Waals surface area contributed by atoms with Gasteiger partial charge in [-0.2, -0.15) is 0 Å². The molecule has 2 heterocycles. The van der Waals surface area contributed by atoms with Crippen LogP contribution in [0.2, 0.25) is 0 Å². The number of fused-ring (bicyclic) bond motifs is 1. The van der Waals surface area contributed by atoms with E-state index in [4.69, 9.17) is 16.3 Å². The Balaban J connectivity index is 1.96. The minimum Gasteiger partial charge on any atom is -0.455 e. The molecule has 0 unspecified atom stereocenters. The van der Waals surface area contributed by atoms with Crippen molar-refractivity contribution in [2.24, 2.45) is 0 Å². The summed E-state index contributed by atoms with van der Waals surface area (Å²) in [6, 6.07) is 11.6. The van der Waals surface area contributed by atoms with E-state index in [2.05, 4.69) is 9.97 Å². The van der Waals surface area contributed by atoms with E-state index in [9.17, 15) is 0 Å². The first-order chi connectivity index (χ1) is 9.36. The van der Waals surface area contributed by atoms with Gasteiger partial charge in [-0.05, 0) is 24.3 Å². The van der Waals surface area contributed by atoms with Crippen molar-refractivity contribution in [3.63, 3.8) is 0 Å². The first-order valence-corrected chi connectivity index (χ1v) is 6.42. The number of nitrogens with zero attached hydrogens (tertiary/aromatic N) is 2. The number of alkyl halides is 1. The highest BCUT2D eigenvalue weighted by Gasteiger charge is 2.05. The third-order valence-electron chi connectivity index (χ3n) is 2.82. The van der Waals surface area contributed by atoms with E-state index in [0.717, 1.165) is 22.2 Å². The van der Waals surface area contributed by atoms with Crippen LogP contribution in [0, 0.1) is 0 Å². The monoisotopic (exact) mass is 270 g/mol. The van der Waals surface area contributed by atoms with Crippen LogP contribution < -0.4 is 4.74 Å². The molecular weight excluding hydrogens is 260 g/mol. The summed E-state index contributed by atoms with van der Waals surface area (Å²) in [6.07, 6.45) is 5.13. The summed E-state index contributed by atoms with van der Waals surface area (Å²) in [5.41, 5.74) is 1.81. The SMILES string of the molecule is ClCc1ccncc1Oc1ccc2cccnc2c1. The molecule has 3 nitrogen and oxygen atoms in total. The summed E-state index contributed by atoms with van der Waals surface area (Å²) in [5, 5.41) is 1.08. The number of pyridine rings is 2. The van der Waals surface area contributed by atoms with E-state index >= 15 is 0 Å². The smallest absolute Gasteiger partial charge is 0.150 e. The molecule has 3 rings (SSSR count). The Morgan fingerprint density at radius 2 is 2.05 bits per heavy atom. The summed E-state index contributed by atoms with van der Waals surface area (Å²) in [6.45, 7) is 0. The van der Waals surface area contributed by atoms with Crippen LogP contribution >= 0.6 is 11.6 Å². The number of halogens is 1. The molecule has 0 aliphatic rings. The number of hydrogen-bond acceptors (Lipinski definition) is 3. The van der Waals surface area contributed by atoms with E-state index in [1.54, 1.807) is 18.6 Å². The largest absolute Gasteiger partial charge is 0.455 e. The fourth-order valence-corrected chi connectivity index (χ4v) is 2.07. The minimum atomic E-state index is 0.393. The molecule has 0 fully saturated rings. The highest BCUT2D eigenvalue weighted by Crippen LogP contribution is 2.27. The van der Waals surface area contributed by atoms with Gasteiger partial charge in [-0.3, -0.25) is 9.97 Å². The molecule has 0 amide bonds. The van der Waals surface area contributed by atoms with Gasteiger partial charge in [0.05, 0.1) is 17.6 Å². The summed E-state index contributed by atoms with van der Waals surface area (Å²) in [7, 11) is 0. The second-order valence-corrected chi connectivity index (χ2v) is 4.34. The first kappa shape index (κ1) is 11.9. The molecule has 0 aliphatic heterocycles. The molecule has 4 heteroatoms. The van der Waals surface area contributed by atoms with Gasteiger partial charge in [-0.1, -0.05) is 6.07 Å². The van der Waals surface area contributed by atoms with Crippen LogP contribution in [-0.4, -0.2) is 9.97 Å². The van der Waals surface area contributed by atoms with Gasteiger partial charge in [-0.25, -0.2) is 0 Å². The minimum absolute atomic E-state index is 0.393. The summed E-state index contributed by atoms with van der Waals surface area (Å²) in [4.78, 5) is 8.36. The molecule has 2 aromatic heterocycles. The number of ether oxygens (including phenoxy) is 1. The zero-order valence-electron chi connectivity index (χ0n) is 10.1. The molecule has 0 radical (unpaired) electrons. The van der Waals surface area contributed by atoms with Crippen LogP contribution in [0.15, 0.2) is 55.0 Å². The average molecular weight is 271 g/mol. The Labute approximate surface area is 115 Å². The normalized spacial score (nSPS) is 10.6. The zero-order valence-corrected chi connectivity index (χ0v) is 10.8. The van der Waals surface area contributed by atoms with Gasteiger partial charge in [0.25, 0.3) is 0 Å². The van der Waals surface area contributed by atoms with Crippen LogP contribution in [0.5, 0.6) is 11.5 Å². The van der Waals surface area contributed by atoms with Gasteiger partial charge in [0.2, 0.25) is 0 Å². The van der Waals surface area contributed by atoms with Crippen molar-refractivity contribution in [3.05, 3.63) is 60.6 Å². The first-order valence-electron chi connectivity index (χ1n) is 5.88. The van der Waals surface area contributed by atoms with Crippen LogP contribution in [0.25, 0.3) is 10.9 Å². The Hall–Kier alpha value is -2.13. The van der Waals surface area contributed by atoms with Crippen LogP contribution in [0.3, 0.4) is 0 Å². The molecule has 0 aliphatic carbocycles. The van der Waals surface area contributed by atoms with Gasteiger partial charge in [0, 0.05) is 29.4 Å². The number of benzene rings is 1. The van der Waals surface area contributed by atoms with E-state index in [1.165, 1.54) is 0 Å². The molecule has 19 heavy (non-hydrogen) atoms. The molecule has 1 aromatic carbocycles. The van der Waals surface area contributed by atoms with Crippen molar-refractivity contribution in [2.75, 3.05) is 0 Å². The number of hydrogen-bond donors (Lipinski definition) is 0. The lowest BCUT2D eigenvalue weighted by atomic mass is 10.2. The Morgan fingerprint density at radius 1 is 1.11 bits per heavy atom. The van der Waals surface area contributed by atoms with E-state index in [-0.39, 0.29) is 0 Å². The van der Waals surface area contributed by atoms with Crippen molar-refractivity contribution in [3.8, 4) is 11.5 Å². The molecular formula is C15H11ClN2O. The Bertz CT molecular complexity index is 715. The van der Waals surface area contributed by atoms with Gasteiger partial charge in [0.15, 0.2) is 0 Å².